The molecule has 0 atom stereocenters. The van der Waals surface area contributed by atoms with E-state index in [0.29, 0.717) is 11.5 Å². The Morgan fingerprint density at radius 1 is 1.09 bits per heavy atom. The second kappa shape index (κ2) is 6.97. The number of carbonyl (C=O) groups excluding carboxylic acids is 1. The van der Waals surface area contributed by atoms with Crippen molar-refractivity contribution in [1.29, 1.82) is 0 Å². The van der Waals surface area contributed by atoms with Crippen molar-refractivity contribution in [2.45, 2.75) is 0 Å². The minimum atomic E-state index is -0.696. The molecule has 0 amide bonds. The number of halogens is 1. The van der Waals surface area contributed by atoms with Crippen molar-refractivity contribution < 1.29 is 23.9 Å². The highest BCUT2D eigenvalue weighted by atomic mass is 35.5. The Bertz CT molecular complexity index is 739. The van der Waals surface area contributed by atoms with E-state index >= 15 is 0 Å². The largest absolute Gasteiger partial charge is 0.497 e. The lowest BCUT2D eigenvalue weighted by molar-refractivity contribution is -0.384. The monoisotopic (exact) mass is 337 g/mol. The Balaban J connectivity index is 2.27. The van der Waals surface area contributed by atoms with Crippen LogP contribution in [0.3, 0.4) is 0 Å². The number of methoxy groups -OCH3 is 2. The molecule has 0 unspecified atom stereocenters. The number of nitrogens with zero attached hydrogens (tertiary/aromatic N) is 1. The molecule has 23 heavy (non-hydrogen) atoms. The fourth-order valence-electron chi connectivity index (χ4n) is 1.77. The number of benzene rings is 2. The maximum Gasteiger partial charge on any atom is 0.343 e. The first-order valence-electron chi connectivity index (χ1n) is 6.33. The number of non-ortho nitro benzene ring substituents is 1. The van der Waals surface area contributed by atoms with Gasteiger partial charge in [-0.2, -0.15) is 0 Å². The first-order valence-corrected chi connectivity index (χ1v) is 6.71. The van der Waals surface area contributed by atoms with Crippen LogP contribution in [0.2, 0.25) is 5.02 Å². The fraction of sp³-hybridized carbons (Fsp3) is 0.133. The standard InChI is InChI=1S/C15H12ClNO6/c1-21-11-5-9(6-12(8-11)22-2)15(18)23-14-4-3-10(17(19)20)7-13(14)16/h3-8H,1-2H3. The normalized spacial score (nSPS) is 10.0. The summed E-state index contributed by atoms with van der Waals surface area (Å²) < 4.78 is 15.3. The number of hydrogen-bond acceptors (Lipinski definition) is 6. The topological polar surface area (TPSA) is 87.9 Å². The average molecular weight is 338 g/mol. The van der Waals surface area contributed by atoms with E-state index < -0.39 is 10.9 Å². The molecule has 0 saturated heterocycles. The van der Waals surface area contributed by atoms with Crippen LogP contribution < -0.4 is 14.2 Å². The lowest BCUT2D eigenvalue weighted by atomic mass is 10.2. The Labute approximate surface area is 136 Å². The van der Waals surface area contributed by atoms with Crippen LogP contribution in [-0.4, -0.2) is 25.1 Å². The number of nitro groups is 1. The van der Waals surface area contributed by atoms with Crippen molar-refractivity contribution in [1.82, 2.24) is 0 Å². The van der Waals surface area contributed by atoms with Gasteiger partial charge in [-0.3, -0.25) is 10.1 Å². The Kier molecular flexibility index (Phi) is 5.02. The summed E-state index contributed by atoms with van der Waals surface area (Å²) >= 11 is 5.89. The molecule has 2 rings (SSSR count). The van der Waals surface area contributed by atoms with E-state index in [1.807, 2.05) is 0 Å². The van der Waals surface area contributed by atoms with Gasteiger partial charge < -0.3 is 14.2 Å². The summed E-state index contributed by atoms with van der Waals surface area (Å²) in [6.07, 6.45) is 0. The molecule has 0 fully saturated rings. The summed E-state index contributed by atoms with van der Waals surface area (Å²) in [6, 6.07) is 8.12. The van der Waals surface area contributed by atoms with Gasteiger partial charge in [-0.1, -0.05) is 11.6 Å². The highest BCUT2D eigenvalue weighted by Gasteiger charge is 2.16. The molecule has 0 aliphatic rings. The highest BCUT2D eigenvalue weighted by molar-refractivity contribution is 6.32. The molecule has 0 bridgehead atoms. The van der Waals surface area contributed by atoms with Crippen LogP contribution in [0.15, 0.2) is 36.4 Å². The van der Waals surface area contributed by atoms with E-state index in [-0.39, 0.29) is 22.0 Å². The summed E-state index contributed by atoms with van der Waals surface area (Å²) in [5, 5.41) is 10.6. The van der Waals surface area contributed by atoms with Gasteiger partial charge in [0.25, 0.3) is 5.69 Å². The summed E-state index contributed by atoms with van der Waals surface area (Å²) in [5.41, 5.74) is -0.00605. The second-order valence-electron chi connectivity index (χ2n) is 4.36. The molecule has 0 aromatic heterocycles. The van der Waals surface area contributed by atoms with Crippen LogP contribution >= 0.6 is 11.6 Å². The van der Waals surface area contributed by atoms with Crippen LogP contribution in [0.1, 0.15) is 10.4 Å². The Hall–Kier alpha value is -2.80. The number of esters is 1. The molecule has 0 saturated carbocycles. The predicted molar refractivity (Wildman–Crippen MR) is 82.6 cm³/mol. The van der Waals surface area contributed by atoms with Crippen molar-refractivity contribution in [2.24, 2.45) is 0 Å². The third-order valence-corrected chi connectivity index (χ3v) is 3.21. The van der Waals surface area contributed by atoms with E-state index in [0.717, 1.165) is 6.07 Å². The fourth-order valence-corrected chi connectivity index (χ4v) is 1.98. The Morgan fingerprint density at radius 2 is 1.70 bits per heavy atom. The van der Waals surface area contributed by atoms with Crippen molar-refractivity contribution in [2.75, 3.05) is 14.2 Å². The third kappa shape index (κ3) is 3.89. The van der Waals surface area contributed by atoms with Crippen LogP contribution in [0.25, 0.3) is 0 Å². The number of hydrogen-bond donors (Lipinski definition) is 0. The number of rotatable bonds is 5. The zero-order valence-corrected chi connectivity index (χ0v) is 13.0. The average Bonchev–Trinajstić information content (AvgIpc) is 2.55. The molecular formula is C15H12ClNO6. The molecule has 0 heterocycles. The molecule has 0 spiro atoms. The number of nitro benzene ring substituents is 1. The number of carbonyl (C=O) groups is 1. The molecule has 7 nitrogen and oxygen atoms in total. The Morgan fingerprint density at radius 3 is 2.17 bits per heavy atom. The van der Waals surface area contributed by atoms with Gasteiger partial charge in [0, 0.05) is 18.2 Å². The molecule has 0 aliphatic carbocycles. The highest BCUT2D eigenvalue weighted by Crippen LogP contribution is 2.30. The quantitative estimate of drug-likeness (QED) is 0.359. The SMILES string of the molecule is COc1cc(OC)cc(C(=O)Oc2ccc([N+](=O)[O-])cc2Cl)c1. The molecule has 2 aromatic carbocycles. The molecule has 120 valence electrons. The summed E-state index contributed by atoms with van der Waals surface area (Å²) in [4.78, 5) is 22.3. The number of ether oxygens (including phenoxy) is 3. The van der Waals surface area contributed by atoms with E-state index in [2.05, 4.69) is 0 Å². The third-order valence-electron chi connectivity index (χ3n) is 2.92. The summed E-state index contributed by atoms with van der Waals surface area (Å²) in [7, 11) is 2.91. The first kappa shape index (κ1) is 16.6. The molecule has 0 radical (unpaired) electrons. The van der Waals surface area contributed by atoms with Gasteiger partial charge in [0.05, 0.1) is 29.7 Å². The lowest BCUT2D eigenvalue weighted by Gasteiger charge is -2.09. The predicted octanol–water partition coefficient (Wildman–Crippen LogP) is 3.48. The van der Waals surface area contributed by atoms with E-state index in [4.69, 9.17) is 25.8 Å². The van der Waals surface area contributed by atoms with Gasteiger partial charge in [-0.25, -0.2) is 4.79 Å². The van der Waals surface area contributed by atoms with E-state index in [9.17, 15) is 14.9 Å². The van der Waals surface area contributed by atoms with Gasteiger partial charge in [0.2, 0.25) is 0 Å². The summed E-state index contributed by atoms with van der Waals surface area (Å²) in [5.74, 6) is 0.166. The van der Waals surface area contributed by atoms with Crippen LogP contribution in [-0.2, 0) is 0 Å². The van der Waals surface area contributed by atoms with Crippen molar-refractivity contribution >= 4 is 23.3 Å². The van der Waals surface area contributed by atoms with E-state index in [1.165, 1.54) is 38.5 Å². The minimum absolute atomic E-state index is 0.0176. The molecule has 2 aromatic rings. The minimum Gasteiger partial charge on any atom is -0.497 e. The molecular weight excluding hydrogens is 326 g/mol. The van der Waals surface area contributed by atoms with Crippen LogP contribution in [0.4, 0.5) is 5.69 Å². The van der Waals surface area contributed by atoms with Gasteiger partial charge in [0.15, 0.2) is 0 Å². The smallest absolute Gasteiger partial charge is 0.343 e. The van der Waals surface area contributed by atoms with Gasteiger partial charge in [0.1, 0.15) is 17.2 Å². The van der Waals surface area contributed by atoms with Crippen molar-refractivity contribution in [3.05, 3.63) is 57.1 Å². The van der Waals surface area contributed by atoms with Gasteiger partial charge in [-0.15, -0.1) is 0 Å². The second-order valence-corrected chi connectivity index (χ2v) is 4.77. The van der Waals surface area contributed by atoms with Gasteiger partial charge in [-0.05, 0) is 18.2 Å². The van der Waals surface area contributed by atoms with E-state index in [1.54, 1.807) is 6.07 Å². The zero-order chi connectivity index (χ0) is 17.0. The molecule has 8 heteroatoms. The van der Waals surface area contributed by atoms with Gasteiger partial charge >= 0.3 is 5.97 Å². The van der Waals surface area contributed by atoms with Crippen LogP contribution in [0.5, 0.6) is 17.2 Å². The van der Waals surface area contributed by atoms with Crippen molar-refractivity contribution in [3.8, 4) is 17.2 Å². The van der Waals surface area contributed by atoms with Crippen LogP contribution in [0, 0.1) is 10.1 Å². The maximum atomic E-state index is 12.2. The van der Waals surface area contributed by atoms with Crippen molar-refractivity contribution in [3.63, 3.8) is 0 Å². The summed E-state index contributed by atoms with van der Waals surface area (Å²) in [6.45, 7) is 0. The lowest BCUT2D eigenvalue weighted by Crippen LogP contribution is -2.09. The zero-order valence-electron chi connectivity index (χ0n) is 12.2. The molecule has 0 N–H and O–H groups in total. The molecule has 0 aliphatic heterocycles. The maximum absolute atomic E-state index is 12.2. The first-order chi connectivity index (χ1) is 10.9.